The Balaban J connectivity index is 1.33. The van der Waals surface area contributed by atoms with Crippen molar-refractivity contribution in [3.05, 3.63) is 98.7 Å². The Labute approximate surface area is 296 Å². The number of furan rings is 1. The van der Waals surface area contributed by atoms with Crippen LogP contribution in [-0.2, 0) is 48.2 Å². The summed E-state index contributed by atoms with van der Waals surface area (Å²) in [5.74, 6) is -2.05. The topological polar surface area (TPSA) is 179 Å². The van der Waals surface area contributed by atoms with Crippen LogP contribution >= 0.6 is 23.2 Å². The molecule has 0 bridgehead atoms. The molecule has 1 aliphatic rings. The van der Waals surface area contributed by atoms with Crippen LogP contribution in [0.3, 0.4) is 0 Å². The van der Waals surface area contributed by atoms with Crippen molar-refractivity contribution in [3.63, 3.8) is 0 Å². The second-order valence-electron chi connectivity index (χ2n) is 11.4. The number of aliphatic hydroxyl groups excluding tert-OH is 1. The lowest BCUT2D eigenvalue weighted by Crippen LogP contribution is -2.44. The van der Waals surface area contributed by atoms with E-state index in [0.717, 1.165) is 11.6 Å². The third-order valence-electron chi connectivity index (χ3n) is 7.88. The number of aliphatic hydroxyl groups is 1. The fourth-order valence-corrected chi connectivity index (χ4v) is 6.82. The molecule has 2 amide bonds. The fourth-order valence-electron chi connectivity index (χ4n) is 5.36. The number of benzene rings is 3. The van der Waals surface area contributed by atoms with Crippen molar-refractivity contribution >= 4 is 67.9 Å². The van der Waals surface area contributed by atoms with Crippen LogP contribution in [0.15, 0.2) is 70.2 Å². The molecule has 13 nitrogen and oxygen atoms in total. The van der Waals surface area contributed by atoms with Crippen LogP contribution < -0.4 is 5.32 Å². The highest BCUT2D eigenvalue weighted by Gasteiger charge is 2.31. The van der Waals surface area contributed by atoms with Gasteiger partial charge in [-0.15, -0.1) is 0 Å². The number of rotatable bonds is 12. The number of esters is 1. The van der Waals surface area contributed by atoms with E-state index in [2.05, 4.69) is 5.32 Å². The number of carbonyl (C=O) groups excluding carboxylic acids is 4. The Morgan fingerprint density at radius 3 is 2.60 bits per heavy atom. The SMILES string of the molecule is CS(=O)(=O)c1cccc(C[C@H](NC(=O)c2c(Cl)cc3c(c2Cl)CCN(C(=O)c2ccc4ccoc4c2)C3)C(=O)OCOC(=O)OCCCO)c1. The molecule has 0 saturated heterocycles. The summed E-state index contributed by atoms with van der Waals surface area (Å²) in [4.78, 5) is 53.6. The first kappa shape index (κ1) is 36.6. The van der Waals surface area contributed by atoms with Crippen LogP contribution in [0, 0.1) is 0 Å². The molecule has 1 aliphatic heterocycles. The molecule has 3 aromatic carbocycles. The number of carbonyl (C=O) groups is 4. The summed E-state index contributed by atoms with van der Waals surface area (Å²) < 4.78 is 44.2. The van der Waals surface area contributed by atoms with Crippen LogP contribution in [0.5, 0.6) is 0 Å². The molecule has 4 aromatic rings. The minimum absolute atomic E-state index is 0.00257. The third-order valence-corrected chi connectivity index (χ3v) is 9.70. The van der Waals surface area contributed by atoms with Gasteiger partial charge in [0.1, 0.15) is 11.6 Å². The molecule has 264 valence electrons. The van der Waals surface area contributed by atoms with Gasteiger partial charge < -0.3 is 34.0 Å². The zero-order valence-electron chi connectivity index (χ0n) is 26.6. The van der Waals surface area contributed by atoms with E-state index in [9.17, 15) is 27.6 Å². The highest BCUT2D eigenvalue weighted by atomic mass is 35.5. The predicted octanol–water partition coefficient (Wildman–Crippen LogP) is 4.72. The molecule has 0 fully saturated rings. The van der Waals surface area contributed by atoms with Crippen LogP contribution in [0.1, 0.15) is 43.8 Å². The molecule has 2 heterocycles. The van der Waals surface area contributed by atoms with Gasteiger partial charge in [0.15, 0.2) is 9.84 Å². The Kier molecular flexibility index (Phi) is 11.7. The molecule has 2 N–H and O–H groups in total. The maximum absolute atomic E-state index is 13.7. The number of fused-ring (bicyclic) bond motifs is 2. The van der Waals surface area contributed by atoms with E-state index in [-0.39, 0.29) is 59.0 Å². The second kappa shape index (κ2) is 15.9. The zero-order chi connectivity index (χ0) is 36.0. The summed E-state index contributed by atoms with van der Waals surface area (Å²) >= 11 is 13.3. The summed E-state index contributed by atoms with van der Waals surface area (Å²) in [6, 6.07) is 12.9. The van der Waals surface area contributed by atoms with Gasteiger partial charge in [0.05, 0.1) is 33.4 Å². The van der Waals surface area contributed by atoms with Gasteiger partial charge in [-0.25, -0.2) is 18.0 Å². The van der Waals surface area contributed by atoms with E-state index < -0.39 is 40.7 Å². The molecule has 0 unspecified atom stereocenters. The number of amides is 2. The first-order chi connectivity index (χ1) is 23.8. The van der Waals surface area contributed by atoms with Gasteiger partial charge in [0.25, 0.3) is 11.8 Å². The van der Waals surface area contributed by atoms with Gasteiger partial charge in [0.2, 0.25) is 6.79 Å². The molecule has 0 radical (unpaired) electrons. The van der Waals surface area contributed by atoms with Crippen molar-refractivity contribution in [1.29, 1.82) is 0 Å². The molecule has 5 rings (SSSR count). The third kappa shape index (κ3) is 8.74. The standard InChI is InChI=1S/C34H32Cl2N2O11S/c1-50(44,45)24-5-2-4-20(14-24)15-27(33(42)48-19-49-34(43)47-12-3-11-39)37-31(40)29-26(35)16-23-18-38(10-8-25(23)30(29)36)32(41)22-7-6-21-9-13-46-28(21)17-22/h2,4-7,9,13-14,16-17,27,39H,3,8,10-12,15,18-19H2,1H3,(H,37,40)/t27-/m0/s1. The van der Waals surface area contributed by atoms with Crippen molar-refractivity contribution < 1.29 is 51.3 Å². The predicted molar refractivity (Wildman–Crippen MR) is 181 cm³/mol. The van der Waals surface area contributed by atoms with Gasteiger partial charge in [0, 0.05) is 49.7 Å². The number of sulfone groups is 1. The van der Waals surface area contributed by atoms with Gasteiger partial charge in [-0.2, -0.15) is 0 Å². The lowest BCUT2D eigenvalue weighted by molar-refractivity contribution is -0.155. The summed E-state index contributed by atoms with van der Waals surface area (Å²) in [5, 5.41) is 12.3. The summed E-state index contributed by atoms with van der Waals surface area (Å²) in [5.41, 5.74) is 2.56. The quantitative estimate of drug-likeness (QED) is 0.116. The highest BCUT2D eigenvalue weighted by molar-refractivity contribution is 7.90. The molecular formula is C34H32Cl2N2O11S. The molecule has 50 heavy (non-hydrogen) atoms. The van der Waals surface area contributed by atoms with Gasteiger partial charge >= 0.3 is 12.1 Å². The fraction of sp³-hybridized carbons (Fsp3) is 0.294. The Bertz CT molecular complexity index is 2050. The average Bonchev–Trinajstić information content (AvgIpc) is 3.55. The Morgan fingerprint density at radius 1 is 1.04 bits per heavy atom. The van der Waals surface area contributed by atoms with Crippen molar-refractivity contribution in [2.24, 2.45) is 0 Å². The first-order valence-corrected chi connectivity index (χ1v) is 17.9. The summed E-state index contributed by atoms with van der Waals surface area (Å²) in [6.07, 6.45) is 1.73. The smallest absolute Gasteiger partial charge is 0.464 e. The number of hydrogen-bond donors (Lipinski definition) is 2. The van der Waals surface area contributed by atoms with Crippen molar-refractivity contribution in [1.82, 2.24) is 10.2 Å². The van der Waals surface area contributed by atoms with Gasteiger partial charge in [-0.05, 0) is 59.5 Å². The van der Waals surface area contributed by atoms with Crippen LogP contribution in [0.2, 0.25) is 10.0 Å². The minimum Gasteiger partial charge on any atom is -0.464 e. The van der Waals surface area contributed by atoms with E-state index in [1.54, 1.807) is 47.6 Å². The van der Waals surface area contributed by atoms with Gasteiger partial charge in [-0.3, -0.25) is 9.59 Å². The lowest BCUT2D eigenvalue weighted by atomic mass is 9.95. The number of hydrogen-bond acceptors (Lipinski definition) is 11. The van der Waals surface area contributed by atoms with Crippen molar-refractivity contribution in [2.45, 2.75) is 36.7 Å². The summed E-state index contributed by atoms with van der Waals surface area (Å²) in [7, 11) is -3.59. The Hall–Kier alpha value is -4.63. The molecule has 0 aliphatic carbocycles. The molecule has 0 saturated carbocycles. The van der Waals surface area contributed by atoms with E-state index in [4.69, 9.17) is 46.9 Å². The van der Waals surface area contributed by atoms with Crippen LogP contribution in [0.4, 0.5) is 4.79 Å². The maximum Gasteiger partial charge on any atom is 0.511 e. The minimum atomic E-state index is -3.59. The van der Waals surface area contributed by atoms with E-state index in [1.807, 2.05) is 0 Å². The second-order valence-corrected chi connectivity index (χ2v) is 14.2. The molecule has 0 spiro atoms. The molecule has 1 atom stereocenters. The zero-order valence-corrected chi connectivity index (χ0v) is 29.0. The van der Waals surface area contributed by atoms with E-state index in [1.165, 1.54) is 18.2 Å². The van der Waals surface area contributed by atoms with Gasteiger partial charge in [-0.1, -0.05) is 41.4 Å². The van der Waals surface area contributed by atoms with Crippen molar-refractivity contribution in [3.8, 4) is 0 Å². The van der Waals surface area contributed by atoms with E-state index >= 15 is 0 Å². The highest BCUT2D eigenvalue weighted by Crippen LogP contribution is 2.35. The summed E-state index contributed by atoms with van der Waals surface area (Å²) in [6.45, 7) is -0.683. The molecular weight excluding hydrogens is 715 g/mol. The number of nitrogens with one attached hydrogen (secondary N) is 1. The normalized spacial score (nSPS) is 13.3. The van der Waals surface area contributed by atoms with Crippen molar-refractivity contribution in [2.75, 3.05) is 32.8 Å². The van der Waals surface area contributed by atoms with Crippen LogP contribution in [0.25, 0.3) is 11.0 Å². The maximum atomic E-state index is 13.7. The average molecular weight is 748 g/mol. The largest absolute Gasteiger partial charge is 0.511 e. The van der Waals surface area contributed by atoms with E-state index in [0.29, 0.717) is 40.8 Å². The molecule has 16 heteroatoms. The monoisotopic (exact) mass is 746 g/mol. The molecule has 1 aromatic heterocycles. The number of ether oxygens (including phenoxy) is 3. The lowest BCUT2D eigenvalue weighted by Gasteiger charge is -2.30. The number of halogens is 2. The van der Waals surface area contributed by atoms with Crippen LogP contribution in [-0.4, -0.2) is 81.2 Å². The first-order valence-electron chi connectivity index (χ1n) is 15.3. The number of nitrogens with zero attached hydrogens (tertiary/aromatic N) is 1. The Morgan fingerprint density at radius 2 is 1.84 bits per heavy atom.